The summed E-state index contributed by atoms with van der Waals surface area (Å²) in [5.74, 6) is 3.63. The van der Waals surface area contributed by atoms with Gasteiger partial charge in [-0.1, -0.05) is 19.0 Å². The maximum Gasteiger partial charge on any atom is 0.184 e. The highest BCUT2D eigenvalue weighted by Gasteiger charge is 2.63. The van der Waals surface area contributed by atoms with Crippen LogP contribution in [0, 0.1) is 40.4 Å². The molecule has 0 aromatic heterocycles. The average Bonchev–Trinajstić information content (AvgIpc) is 3.04. The third kappa shape index (κ3) is 4.99. The van der Waals surface area contributed by atoms with Crippen LogP contribution in [0.15, 0.2) is 5.16 Å². The van der Waals surface area contributed by atoms with E-state index in [4.69, 9.17) is 13.7 Å². The molecule has 0 aliphatic heterocycles. The van der Waals surface area contributed by atoms with Crippen LogP contribution in [0.3, 0.4) is 0 Å². The minimum atomic E-state index is -1.64. The first kappa shape index (κ1) is 26.9. The van der Waals surface area contributed by atoms with Crippen LogP contribution in [0.1, 0.15) is 72.1 Å². The summed E-state index contributed by atoms with van der Waals surface area (Å²) in [7, 11) is -1.48. The molecule has 34 heavy (non-hydrogen) atoms. The predicted molar refractivity (Wildman–Crippen MR) is 147 cm³/mol. The van der Waals surface area contributed by atoms with Crippen LogP contribution in [-0.2, 0) is 13.7 Å². The van der Waals surface area contributed by atoms with E-state index >= 15 is 0 Å². The van der Waals surface area contributed by atoms with Crippen LogP contribution in [0.4, 0.5) is 0 Å². The third-order valence-corrected chi connectivity index (χ3v) is 12.4. The quantitative estimate of drug-likeness (QED) is 0.210. The van der Waals surface area contributed by atoms with E-state index in [-0.39, 0.29) is 0 Å². The Balaban J connectivity index is 1.64. The largest absolute Gasteiger partial charge is 0.415 e. The molecule has 4 fully saturated rings. The van der Waals surface area contributed by atoms with Gasteiger partial charge in [-0.25, -0.2) is 0 Å². The number of rotatable bonds is 6. The van der Waals surface area contributed by atoms with Crippen molar-refractivity contribution in [1.82, 2.24) is 0 Å². The van der Waals surface area contributed by atoms with E-state index < -0.39 is 16.6 Å². The molecule has 0 aromatic carbocycles. The molecule has 0 amide bonds. The molecule has 4 saturated carbocycles. The lowest BCUT2D eigenvalue weighted by molar-refractivity contribution is -0.163. The first-order valence-corrected chi connectivity index (χ1v) is 20.9. The number of hydrogen-bond acceptors (Lipinski definition) is 4. The lowest BCUT2D eigenvalue weighted by Crippen LogP contribution is -2.60. The van der Waals surface area contributed by atoms with Gasteiger partial charge in [0, 0.05) is 18.1 Å². The summed E-state index contributed by atoms with van der Waals surface area (Å²) in [5.41, 5.74) is 1.96. The second kappa shape index (κ2) is 9.29. The summed E-state index contributed by atoms with van der Waals surface area (Å²) in [4.78, 5) is 5.21. The van der Waals surface area contributed by atoms with Crippen molar-refractivity contribution in [1.29, 1.82) is 0 Å². The smallest absolute Gasteiger partial charge is 0.184 e. The molecule has 4 aliphatic rings. The van der Waals surface area contributed by atoms with Crippen molar-refractivity contribution in [2.75, 3.05) is 7.11 Å². The number of oxime groups is 1. The molecular formula is C28H53NO3Si2. The zero-order valence-electron chi connectivity index (χ0n) is 23.9. The summed E-state index contributed by atoms with van der Waals surface area (Å²) in [6.07, 6.45) is 11.2. The van der Waals surface area contributed by atoms with Gasteiger partial charge >= 0.3 is 0 Å². The highest BCUT2D eigenvalue weighted by atomic mass is 28.4. The third-order valence-electron chi connectivity index (χ3n) is 10.4. The number of nitrogens with zero attached hydrogens (tertiary/aromatic N) is 1. The van der Waals surface area contributed by atoms with Crippen molar-refractivity contribution >= 4 is 22.3 Å². The molecule has 0 saturated heterocycles. The minimum absolute atomic E-state index is 0.359. The Morgan fingerprint density at radius 2 is 1.38 bits per heavy atom. The van der Waals surface area contributed by atoms with Gasteiger partial charge in [0.15, 0.2) is 16.6 Å². The first-order chi connectivity index (χ1) is 15.7. The summed E-state index contributed by atoms with van der Waals surface area (Å²) in [6, 6.07) is 0. The minimum Gasteiger partial charge on any atom is -0.415 e. The molecule has 0 spiro atoms. The monoisotopic (exact) mass is 507 g/mol. The van der Waals surface area contributed by atoms with Crippen LogP contribution < -0.4 is 0 Å². The van der Waals surface area contributed by atoms with Crippen molar-refractivity contribution in [3.05, 3.63) is 0 Å². The van der Waals surface area contributed by atoms with E-state index in [2.05, 4.69) is 65.2 Å². The Hall–Kier alpha value is -0.176. The standard InChI is InChI=1S/C28H53NO3Si2/c1-19(29-30-4)22-11-12-23-21-18-26(32-34(8,9)10)25-17-20(31-33(5,6)7)13-15-28(25,3)24(21)14-16-27(22,23)2/h20-26H,11-18H2,1-10H3/b29-19+. The van der Waals surface area contributed by atoms with Gasteiger partial charge in [0.1, 0.15) is 7.11 Å². The summed E-state index contributed by atoms with van der Waals surface area (Å²) < 4.78 is 13.8. The molecule has 9 atom stereocenters. The maximum absolute atomic E-state index is 7.09. The lowest BCUT2D eigenvalue weighted by atomic mass is 9.44. The van der Waals surface area contributed by atoms with Gasteiger partial charge in [0.25, 0.3) is 0 Å². The second-order valence-electron chi connectivity index (χ2n) is 14.7. The van der Waals surface area contributed by atoms with Crippen LogP contribution >= 0.6 is 0 Å². The molecule has 0 aromatic rings. The van der Waals surface area contributed by atoms with E-state index in [1.807, 2.05) is 0 Å². The van der Waals surface area contributed by atoms with Crippen molar-refractivity contribution in [3.8, 4) is 0 Å². The van der Waals surface area contributed by atoms with Crippen molar-refractivity contribution in [3.63, 3.8) is 0 Å². The molecule has 0 N–H and O–H groups in total. The van der Waals surface area contributed by atoms with Crippen LogP contribution in [0.5, 0.6) is 0 Å². The summed E-state index contributed by atoms with van der Waals surface area (Å²) in [6.45, 7) is 21.6. The van der Waals surface area contributed by atoms with E-state index in [0.717, 1.165) is 17.8 Å². The van der Waals surface area contributed by atoms with Crippen LogP contribution in [-0.4, -0.2) is 41.7 Å². The van der Waals surface area contributed by atoms with Crippen molar-refractivity contribution in [2.45, 2.75) is 124 Å². The zero-order chi connectivity index (χ0) is 25.1. The molecule has 196 valence electrons. The first-order valence-electron chi connectivity index (χ1n) is 14.1. The van der Waals surface area contributed by atoms with Gasteiger partial charge in [-0.05, 0) is 132 Å². The van der Waals surface area contributed by atoms with Gasteiger partial charge in [-0.3, -0.25) is 0 Å². The molecule has 4 nitrogen and oxygen atoms in total. The Kier molecular flexibility index (Phi) is 7.34. The summed E-state index contributed by atoms with van der Waals surface area (Å²) >= 11 is 0. The number of hydrogen-bond donors (Lipinski definition) is 0. The average molecular weight is 508 g/mol. The van der Waals surface area contributed by atoms with E-state index in [1.165, 1.54) is 57.1 Å². The van der Waals surface area contributed by atoms with Gasteiger partial charge in [0.05, 0.1) is 5.71 Å². The Morgan fingerprint density at radius 3 is 2.00 bits per heavy atom. The van der Waals surface area contributed by atoms with E-state index in [1.54, 1.807) is 7.11 Å². The van der Waals surface area contributed by atoms with Gasteiger partial charge in [-0.15, -0.1) is 0 Å². The molecule has 0 radical (unpaired) electrons. The topological polar surface area (TPSA) is 40.0 Å². The predicted octanol–water partition coefficient (Wildman–Crippen LogP) is 7.72. The van der Waals surface area contributed by atoms with Gasteiger partial charge in [0.2, 0.25) is 0 Å². The maximum atomic E-state index is 7.09. The molecule has 0 heterocycles. The molecule has 4 aliphatic carbocycles. The highest BCUT2D eigenvalue weighted by molar-refractivity contribution is 6.70. The Morgan fingerprint density at radius 1 is 0.765 bits per heavy atom. The zero-order valence-corrected chi connectivity index (χ0v) is 25.9. The summed E-state index contributed by atoms with van der Waals surface area (Å²) in [5, 5.41) is 4.41. The molecular weight excluding hydrogens is 454 g/mol. The van der Waals surface area contributed by atoms with Gasteiger partial charge in [-0.2, -0.15) is 0 Å². The fourth-order valence-electron chi connectivity index (χ4n) is 9.32. The fourth-order valence-corrected chi connectivity index (χ4v) is 11.7. The Labute approximate surface area is 212 Å². The Bertz CT molecular complexity index is 775. The fraction of sp³-hybridized carbons (Fsp3) is 0.964. The highest BCUT2D eigenvalue weighted by Crippen LogP contribution is 2.68. The van der Waals surface area contributed by atoms with Crippen molar-refractivity contribution in [2.24, 2.45) is 45.6 Å². The van der Waals surface area contributed by atoms with E-state index in [0.29, 0.717) is 34.9 Å². The second-order valence-corrected chi connectivity index (χ2v) is 23.6. The molecule has 6 heteroatoms. The van der Waals surface area contributed by atoms with Crippen LogP contribution in [0.25, 0.3) is 0 Å². The van der Waals surface area contributed by atoms with Crippen molar-refractivity contribution < 1.29 is 13.7 Å². The molecule has 0 bridgehead atoms. The SMILES string of the molecule is CO/N=C(\C)C1CCC2C3CC(O[Si](C)(C)C)C4CC(O[Si](C)(C)C)CCC4(C)C3CCC12C. The van der Waals surface area contributed by atoms with Crippen LogP contribution in [0.2, 0.25) is 39.3 Å². The number of fused-ring (bicyclic) bond motifs is 5. The van der Waals surface area contributed by atoms with E-state index in [9.17, 15) is 0 Å². The lowest BCUT2D eigenvalue weighted by Gasteiger charge is -2.63. The van der Waals surface area contributed by atoms with Gasteiger partial charge < -0.3 is 13.7 Å². The molecule has 4 rings (SSSR count). The normalized spacial score (nSPS) is 45.4. The molecule has 9 unspecified atom stereocenters.